The van der Waals surface area contributed by atoms with Crippen molar-refractivity contribution in [2.24, 2.45) is 0 Å². The number of carbonyl (C=O) groups is 1. The summed E-state index contributed by atoms with van der Waals surface area (Å²) >= 11 is 3.49. The molecular formula is C20H17BrN4O. The van der Waals surface area contributed by atoms with E-state index in [1.54, 1.807) is 0 Å². The minimum absolute atomic E-state index is 0.00455. The van der Waals surface area contributed by atoms with Crippen molar-refractivity contribution in [2.45, 2.75) is 12.1 Å². The van der Waals surface area contributed by atoms with Crippen LogP contribution in [0.5, 0.6) is 0 Å². The first-order chi connectivity index (χ1) is 12.7. The summed E-state index contributed by atoms with van der Waals surface area (Å²) in [6.45, 7) is 0.574. The van der Waals surface area contributed by atoms with E-state index in [0.29, 0.717) is 6.54 Å². The van der Waals surface area contributed by atoms with Gasteiger partial charge in [-0.1, -0.05) is 40.2 Å². The highest BCUT2D eigenvalue weighted by atomic mass is 79.9. The van der Waals surface area contributed by atoms with Gasteiger partial charge in [0, 0.05) is 50.8 Å². The molecule has 3 heterocycles. The number of nitrogens with one attached hydrogen (secondary N) is 4. The number of carbonyl (C=O) groups excluding carboxylic acids is 1. The number of fused-ring (bicyclic) bond motifs is 2. The molecule has 0 spiro atoms. The first kappa shape index (κ1) is 15.7. The van der Waals surface area contributed by atoms with E-state index < -0.39 is 6.04 Å². The van der Waals surface area contributed by atoms with Crippen LogP contribution in [0.3, 0.4) is 0 Å². The van der Waals surface area contributed by atoms with Crippen LogP contribution < -0.4 is 10.6 Å². The van der Waals surface area contributed by atoms with Crippen molar-refractivity contribution in [1.82, 2.24) is 20.6 Å². The summed E-state index contributed by atoms with van der Waals surface area (Å²) in [5.74, 6) is 0.00455. The fourth-order valence-corrected chi connectivity index (χ4v) is 4.17. The maximum absolute atomic E-state index is 12.6. The van der Waals surface area contributed by atoms with Crippen molar-refractivity contribution in [3.63, 3.8) is 0 Å². The number of aromatic nitrogens is 2. The van der Waals surface area contributed by atoms with Gasteiger partial charge in [0.15, 0.2) is 0 Å². The molecule has 1 aliphatic rings. The number of hydrogen-bond donors (Lipinski definition) is 4. The third-order valence-electron chi connectivity index (χ3n) is 5.09. The molecule has 2 atom stereocenters. The molecule has 1 amide bonds. The zero-order chi connectivity index (χ0) is 17.7. The summed E-state index contributed by atoms with van der Waals surface area (Å²) in [5.41, 5.74) is 4.26. The molecule has 130 valence electrons. The van der Waals surface area contributed by atoms with Crippen LogP contribution >= 0.6 is 15.9 Å². The molecule has 1 saturated heterocycles. The molecule has 0 saturated carbocycles. The lowest BCUT2D eigenvalue weighted by Gasteiger charge is -2.31. The SMILES string of the molecule is O=C1NC[C@@H](c2c[nH]c3ccccc23)N[C@H]1c1c[nH]c2cc(Br)ccc12. The Morgan fingerprint density at radius 2 is 1.69 bits per heavy atom. The Hall–Kier alpha value is -2.57. The number of rotatable bonds is 2. The Labute approximate surface area is 158 Å². The minimum atomic E-state index is -0.391. The molecule has 0 aliphatic carbocycles. The van der Waals surface area contributed by atoms with Crippen LogP contribution in [-0.4, -0.2) is 22.4 Å². The van der Waals surface area contributed by atoms with Crippen molar-refractivity contribution in [1.29, 1.82) is 0 Å². The van der Waals surface area contributed by atoms with Crippen molar-refractivity contribution >= 4 is 43.6 Å². The van der Waals surface area contributed by atoms with Crippen LogP contribution in [0.15, 0.2) is 59.3 Å². The van der Waals surface area contributed by atoms with Crippen LogP contribution in [0.4, 0.5) is 0 Å². The van der Waals surface area contributed by atoms with Crippen molar-refractivity contribution in [3.8, 4) is 0 Å². The number of piperazine rings is 1. The maximum atomic E-state index is 12.6. The molecule has 2 aromatic carbocycles. The fourth-order valence-electron chi connectivity index (χ4n) is 3.81. The topological polar surface area (TPSA) is 72.7 Å². The second-order valence-electron chi connectivity index (χ2n) is 6.62. The van der Waals surface area contributed by atoms with Gasteiger partial charge in [-0.2, -0.15) is 0 Å². The molecule has 4 N–H and O–H groups in total. The van der Waals surface area contributed by atoms with E-state index >= 15 is 0 Å². The maximum Gasteiger partial charge on any atom is 0.241 e. The quantitative estimate of drug-likeness (QED) is 0.405. The number of benzene rings is 2. The number of amides is 1. The highest BCUT2D eigenvalue weighted by molar-refractivity contribution is 9.10. The molecule has 0 radical (unpaired) electrons. The molecule has 4 aromatic rings. The number of hydrogen-bond acceptors (Lipinski definition) is 2. The summed E-state index contributed by atoms with van der Waals surface area (Å²) in [6, 6.07) is 13.9. The van der Waals surface area contributed by atoms with Crippen LogP contribution in [0.25, 0.3) is 21.8 Å². The number of aromatic amines is 2. The molecule has 1 aliphatic heterocycles. The molecule has 0 unspecified atom stereocenters. The van der Waals surface area contributed by atoms with E-state index in [2.05, 4.69) is 48.7 Å². The van der Waals surface area contributed by atoms with E-state index in [4.69, 9.17) is 0 Å². The van der Waals surface area contributed by atoms with E-state index in [1.165, 1.54) is 10.9 Å². The van der Waals surface area contributed by atoms with Crippen molar-refractivity contribution < 1.29 is 4.79 Å². The van der Waals surface area contributed by atoms with E-state index in [9.17, 15) is 4.79 Å². The minimum Gasteiger partial charge on any atom is -0.361 e. The fraction of sp³-hybridized carbons (Fsp3) is 0.150. The second-order valence-corrected chi connectivity index (χ2v) is 7.54. The van der Waals surface area contributed by atoms with Gasteiger partial charge in [-0.05, 0) is 23.8 Å². The van der Waals surface area contributed by atoms with Crippen LogP contribution in [0, 0.1) is 0 Å². The molecule has 0 bridgehead atoms. The molecule has 5 rings (SSSR count). The molecule has 6 heteroatoms. The number of H-pyrrole nitrogens is 2. The predicted octanol–water partition coefficient (Wildman–Crippen LogP) is 3.91. The third kappa shape index (κ3) is 2.45. The first-order valence-corrected chi connectivity index (χ1v) is 9.36. The number of para-hydroxylation sites is 1. The Morgan fingerprint density at radius 1 is 0.923 bits per heavy atom. The van der Waals surface area contributed by atoms with Gasteiger partial charge in [-0.25, -0.2) is 0 Å². The molecule has 1 fully saturated rings. The van der Waals surface area contributed by atoms with E-state index in [-0.39, 0.29) is 11.9 Å². The van der Waals surface area contributed by atoms with E-state index in [1.807, 2.05) is 42.7 Å². The average molecular weight is 409 g/mol. The van der Waals surface area contributed by atoms with Crippen molar-refractivity contribution in [2.75, 3.05) is 6.54 Å². The van der Waals surface area contributed by atoms with Crippen LogP contribution in [0.2, 0.25) is 0 Å². The Kier molecular flexibility index (Phi) is 3.62. The normalized spacial score (nSPS) is 20.6. The van der Waals surface area contributed by atoms with Gasteiger partial charge in [0.05, 0.1) is 6.04 Å². The Balaban J connectivity index is 1.53. The highest BCUT2D eigenvalue weighted by Gasteiger charge is 2.32. The Bertz CT molecular complexity index is 1130. The standard InChI is InChI=1S/C20H17BrN4O/c21-11-5-6-13-15(9-23-17(13)7-11)19-20(26)24-10-18(25-19)14-8-22-16-4-2-1-3-12(14)16/h1-9,18-19,22-23,25H,10H2,(H,24,26)/t18-,19-/m0/s1. The van der Waals surface area contributed by atoms with Gasteiger partial charge in [0.1, 0.15) is 6.04 Å². The highest BCUT2D eigenvalue weighted by Crippen LogP contribution is 2.32. The molecular weight excluding hydrogens is 392 g/mol. The predicted molar refractivity (Wildman–Crippen MR) is 106 cm³/mol. The summed E-state index contributed by atoms with van der Waals surface area (Å²) < 4.78 is 1.01. The lowest BCUT2D eigenvalue weighted by Crippen LogP contribution is -2.49. The van der Waals surface area contributed by atoms with E-state index in [0.717, 1.165) is 26.5 Å². The summed E-state index contributed by atoms with van der Waals surface area (Å²) in [7, 11) is 0. The lowest BCUT2D eigenvalue weighted by atomic mass is 9.98. The third-order valence-corrected chi connectivity index (χ3v) is 5.59. The first-order valence-electron chi connectivity index (χ1n) is 8.57. The summed E-state index contributed by atoms with van der Waals surface area (Å²) in [4.78, 5) is 19.2. The van der Waals surface area contributed by atoms with Crippen LogP contribution in [-0.2, 0) is 4.79 Å². The molecule has 5 nitrogen and oxygen atoms in total. The summed E-state index contributed by atoms with van der Waals surface area (Å²) in [5, 5.41) is 8.84. The van der Waals surface area contributed by atoms with Gasteiger partial charge < -0.3 is 15.3 Å². The monoisotopic (exact) mass is 408 g/mol. The smallest absolute Gasteiger partial charge is 0.241 e. The van der Waals surface area contributed by atoms with Gasteiger partial charge in [-0.3, -0.25) is 10.1 Å². The zero-order valence-electron chi connectivity index (χ0n) is 13.8. The average Bonchev–Trinajstić information content (AvgIpc) is 3.26. The van der Waals surface area contributed by atoms with Gasteiger partial charge in [0.2, 0.25) is 5.91 Å². The largest absolute Gasteiger partial charge is 0.361 e. The van der Waals surface area contributed by atoms with Gasteiger partial charge in [0.25, 0.3) is 0 Å². The zero-order valence-corrected chi connectivity index (χ0v) is 15.4. The van der Waals surface area contributed by atoms with Gasteiger partial charge >= 0.3 is 0 Å². The second kappa shape index (κ2) is 6.00. The molecule has 26 heavy (non-hydrogen) atoms. The Morgan fingerprint density at radius 3 is 2.62 bits per heavy atom. The lowest BCUT2D eigenvalue weighted by molar-refractivity contribution is -0.125. The molecule has 2 aromatic heterocycles. The van der Waals surface area contributed by atoms with Crippen molar-refractivity contribution in [3.05, 3.63) is 70.5 Å². The van der Waals surface area contributed by atoms with Gasteiger partial charge in [-0.15, -0.1) is 0 Å². The number of halogens is 1. The summed E-state index contributed by atoms with van der Waals surface area (Å²) in [6.07, 6.45) is 3.95. The van der Waals surface area contributed by atoms with Crippen LogP contribution in [0.1, 0.15) is 23.2 Å².